The highest BCUT2D eigenvalue weighted by Crippen LogP contribution is 2.30. The number of hydrogen-bond acceptors (Lipinski definition) is 5. The Morgan fingerprint density at radius 1 is 1.18 bits per heavy atom. The first-order chi connectivity index (χ1) is 13.7. The average molecular weight is 402 g/mol. The van der Waals surface area contributed by atoms with Crippen molar-refractivity contribution in [3.8, 4) is 10.6 Å². The molecular weight excluding hydrogens is 374 g/mol. The summed E-state index contributed by atoms with van der Waals surface area (Å²) in [6.07, 6.45) is 5.65. The molecule has 2 fully saturated rings. The first-order valence-corrected chi connectivity index (χ1v) is 11.0. The number of piperidine rings is 1. The van der Waals surface area contributed by atoms with E-state index in [9.17, 15) is 9.59 Å². The number of carbonyl (C=O) groups is 1. The van der Waals surface area contributed by atoms with E-state index in [1.165, 1.54) is 0 Å². The van der Waals surface area contributed by atoms with E-state index in [4.69, 9.17) is 4.74 Å². The second-order valence-electron chi connectivity index (χ2n) is 7.76. The smallest absolute Gasteiger partial charge is 0.267 e. The van der Waals surface area contributed by atoms with Crippen molar-refractivity contribution < 1.29 is 9.53 Å². The van der Waals surface area contributed by atoms with Crippen LogP contribution < -0.4 is 5.56 Å². The molecule has 0 bridgehead atoms. The summed E-state index contributed by atoms with van der Waals surface area (Å²) >= 11 is 1.62. The molecule has 28 heavy (non-hydrogen) atoms. The summed E-state index contributed by atoms with van der Waals surface area (Å²) < 4.78 is 7.10. The Kier molecular flexibility index (Phi) is 5.92. The molecule has 1 aliphatic carbocycles. The fourth-order valence-corrected chi connectivity index (χ4v) is 5.11. The minimum atomic E-state index is -0.0692. The molecule has 1 saturated heterocycles. The predicted octanol–water partition coefficient (Wildman–Crippen LogP) is 3.34. The second kappa shape index (κ2) is 8.57. The van der Waals surface area contributed by atoms with Crippen molar-refractivity contribution in [1.82, 2.24) is 14.7 Å². The summed E-state index contributed by atoms with van der Waals surface area (Å²) in [7, 11) is 1.73. The summed E-state index contributed by atoms with van der Waals surface area (Å²) in [6.45, 7) is 1.38. The zero-order valence-corrected chi connectivity index (χ0v) is 17.1. The summed E-state index contributed by atoms with van der Waals surface area (Å²) in [5.74, 6) is 0.339. The van der Waals surface area contributed by atoms with E-state index < -0.39 is 0 Å². The SMILES string of the molecule is CO[C@@H]1CCC[C@H](C(=O)N2CCC(n3nc(-c4cccs4)ccc3=O)CC2)C1. The molecule has 0 aromatic carbocycles. The van der Waals surface area contributed by atoms with Crippen LogP contribution in [0.25, 0.3) is 10.6 Å². The van der Waals surface area contributed by atoms with Gasteiger partial charge in [0.1, 0.15) is 5.69 Å². The van der Waals surface area contributed by atoms with Crippen molar-refractivity contribution in [2.75, 3.05) is 20.2 Å². The van der Waals surface area contributed by atoms with E-state index in [-0.39, 0.29) is 29.5 Å². The molecule has 2 aromatic rings. The van der Waals surface area contributed by atoms with Crippen LogP contribution in [0.5, 0.6) is 0 Å². The van der Waals surface area contributed by atoms with Gasteiger partial charge in [-0.1, -0.05) is 12.5 Å². The molecule has 0 N–H and O–H groups in total. The van der Waals surface area contributed by atoms with Gasteiger partial charge in [0.15, 0.2) is 0 Å². The lowest BCUT2D eigenvalue weighted by atomic mass is 9.85. The number of aromatic nitrogens is 2. The average Bonchev–Trinajstić information content (AvgIpc) is 3.29. The molecule has 7 heteroatoms. The molecule has 150 valence electrons. The molecule has 1 aliphatic heterocycles. The van der Waals surface area contributed by atoms with Crippen LogP contribution in [0.4, 0.5) is 0 Å². The van der Waals surface area contributed by atoms with Gasteiger partial charge >= 0.3 is 0 Å². The van der Waals surface area contributed by atoms with E-state index in [0.29, 0.717) is 13.1 Å². The first kappa shape index (κ1) is 19.3. The predicted molar refractivity (Wildman–Crippen MR) is 109 cm³/mol. The van der Waals surface area contributed by atoms with Crippen LogP contribution in [0.15, 0.2) is 34.4 Å². The van der Waals surface area contributed by atoms with Crippen molar-refractivity contribution in [2.45, 2.75) is 50.7 Å². The quantitative estimate of drug-likeness (QED) is 0.788. The maximum Gasteiger partial charge on any atom is 0.267 e. The molecule has 1 amide bonds. The number of hydrogen-bond donors (Lipinski definition) is 0. The summed E-state index contributed by atoms with van der Waals surface area (Å²) in [5.41, 5.74) is 0.765. The van der Waals surface area contributed by atoms with Crippen molar-refractivity contribution in [2.24, 2.45) is 5.92 Å². The van der Waals surface area contributed by atoms with Gasteiger partial charge in [0.05, 0.1) is 17.0 Å². The Balaban J connectivity index is 1.41. The van der Waals surface area contributed by atoms with E-state index in [2.05, 4.69) is 5.10 Å². The Hall–Kier alpha value is -1.99. The van der Waals surface area contributed by atoms with Gasteiger partial charge in [-0.25, -0.2) is 4.68 Å². The fourth-order valence-electron chi connectivity index (χ4n) is 4.41. The van der Waals surface area contributed by atoms with Gasteiger partial charge in [-0.3, -0.25) is 9.59 Å². The summed E-state index contributed by atoms with van der Waals surface area (Å²) in [5, 5.41) is 6.62. The molecule has 0 radical (unpaired) electrons. The Morgan fingerprint density at radius 2 is 2.00 bits per heavy atom. The molecule has 0 spiro atoms. The summed E-state index contributed by atoms with van der Waals surface area (Å²) in [6, 6.07) is 7.45. The fraction of sp³-hybridized carbons (Fsp3) is 0.571. The Morgan fingerprint density at radius 3 is 2.71 bits per heavy atom. The molecule has 4 rings (SSSR count). The number of ether oxygens (including phenoxy) is 1. The number of amides is 1. The van der Waals surface area contributed by atoms with Gasteiger partial charge in [0.25, 0.3) is 5.56 Å². The van der Waals surface area contributed by atoms with Gasteiger partial charge in [-0.05, 0) is 49.6 Å². The molecule has 2 aliphatic rings. The van der Waals surface area contributed by atoms with E-state index in [0.717, 1.165) is 49.1 Å². The minimum Gasteiger partial charge on any atom is -0.381 e. The molecule has 2 atom stereocenters. The highest BCUT2D eigenvalue weighted by atomic mass is 32.1. The Labute approximate surface area is 169 Å². The van der Waals surface area contributed by atoms with Crippen LogP contribution in [0.1, 0.15) is 44.6 Å². The van der Waals surface area contributed by atoms with Gasteiger partial charge in [-0.2, -0.15) is 5.10 Å². The third-order valence-electron chi connectivity index (χ3n) is 6.03. The molecule has 3 heterocycles. The largest absolute Gasteiger partial charge is 0.381 e. The van der Waals surface area contributed by atoms with E-state index in [1.807, 2.05) is 22.4 Å². The Bertz CT molecular complexity index is 856. The van der Waals surface area contributed by atoms with Crippen LogP contribution in [-0.4, -0.2) is 46.9 Å². The van der Waals surface area contributed by atoms with Crippen LogP contribution in [0.3, 0.4) is 0 Å². The van der Waals surface area contributed by atoms with Crippen molar-refractivity contribution in [1.29, 1.82) is 0 Å². The van der Waals surface area contributed by atoms with Crippen molar-refractivity contribution in [3.05, 3.63) is 40.0 Å². The van der Waals surface area contributed by atoms with Gasteiger partial charge in [-0.15, -0.1) is 11.3 Å². The van der Waals surface area contributed by atoms with Crippen molar-refractivity contribution >= 4 is 17.2 Å². The van der Waals surface area contributed by atoms with E-state index in [1.54, 1.807) is 35.3 Å². The van der Waals surface area contributed by atoms with Crippen LogP contribution in [-0.2, 0) is 9.53 Å². The normalized spacial score (nSPS) is 23.7. The number of carbonyl (C=O) groups excluding carboxylic acids is 1. The lowest BCUT2D eigenvalue weighted by Crippen LogP contribution is -2.45. The third kappa shape index (κ3) is 4.05. The summed E-state index contributed by atoms with van der Waals surface area (Å²) in [4.78, 5) is 28.3. The molecule has 6 nitrogen and oxygen atoms in total. The standard InChI is InChI=1S/C21H27N3O3S/c1-27-17-5-2-4-15(14-17)21(26)23-11-9-16(10-12-23)24-20(25)8-7-18(22-24)19-6-3-13-28-19/h3,6-8,13,15-17H,2,4-5,9-12,14H2,1H3/t15-,17+/m0/s1. The monoisotopic (exact) mass is 401 g/mol. The second-order valence-corrected chi connectivity index (χ2v) is 8.70. The number of rotatable bonds is 4. The highest BCUT2D eigenvalue weighted by molar-refractivity contribution is 7.13. The van der Waals surface area contributed by atoms with Gasteiger partial charge in [0.2, 0.25) is 5.91 Å². The van der Waals surface area contributed by atoms with Gasteiger partial charge in [0, 0.05) is 32.2 Å². The maximum atomic E-state index is 12.9. The molecule has 1 saturated carbocycles. The third-order valence-corrected chi connectivity index (χ3v) is 6.92. The van der Waals surface area contributed by atoms with Crippen molar-refractivity contribution in [3.63, 3.8) is 0 Å². The minimum absolute atomic E-state index is 0.0505. The number of nitrogens with zero attached hydrogens (tertiary/aromatic N) is 3. The van der Waals surface area contributed by atoms with Gasteiger partial charge < -0.3 is 9.64 Å². The van der Waals surface area contributed by atoms with Crippen LogP contribution >= 0.6 is 11.3 Å². The molecular formula is C21H27N3O3S. The number of thiophene rings is 1. The zero-order chi connectivity index (χ0) is 19.5. The molecule has 0 unspecified atom stereocenters. The maximum absolute atomic E-state index is 12.9. The van der Waals surface area contributed by atoms with E-state index >= 15 is 0 Å². The first-order valence-electron chi connectivity index (χ1n) is 10.1. The van der Waals surface area contributed by atoms with Crippen LogP contribution in [0.2, 0.25) is 0 Å². The lowest BCUT2D eigenvalue weighted by molar-refractivity contribution is -0.139. The topological polar surface area (TPSA) is 64.4 Å². The van der Waals surface area contributed by atoms with Crippen LogP contribution in [0, 0.1) is 5.92 Å². The number of methoxy groups -OCH3 is 1. The number of likely N-dealkylation sites (tertiary alicyclic amines) is 1. The zero-order valence-electron chi connectivity index (χ0n) is 16.3. The highest BCUT2D eigenvalue weighted by Gasteiger charge is 2.33. The lowest BCUT2D eigenvalue weighted by Gasteiger charge is -2.36. The molecule has 2 aromatic heterocycles.